The zero-order valence-electron chi connectivity index (χ0n) is 12.9. The molecular formula is C16H15ClN2O4S. The topological polar surface area (TPSA) is 77.5 Å². The molecule has 1 N–H and O–H groups in total. The lowest BCUT2D eigenvalue weighted by molar-refractivity contribution is -0.142. The van der Waals surface area contributed by atoms with Crippen molar-refractivity contribution in [2.75, 3.05) is 11.9 Å². The van der Waals surface area contributed by atoms with Crippen molar-refractivity contribution in [2.24, 2.45) is 0 Å². The summed E-state index contributed by atoms with van der Waals surface area (Å²) in [5.41, 5.74) is 1.47. The van der Waals surface area contributed by atoms with Gasteiger partial charge in [0.05, 0.1) is 18.7 Å². The Balaban J connectivity index is 1.58. The molecule has 1 aromatic carbocycles. The van der Waals surface area contributed by atoms with Crippen LogP contribution in [0.25, 0.3) is 0 Å². The van der Waals surface area contributed by atoms with Crippen molar-refractivity contribution in [1.29, 1.82) is 0 Å². The summed E-state index contributed by atoms with van der Waals surface area (Å²) in [6.07, 6.45) is -0.0665. The summed E-state index contributed by atoms with van der Waals surface area (Å²) in [6, 6.07) is 5.28. The Kier molecular flexibility index (Phi) is 5.01. The molecule has 0 saturated carbocycles. The van der Waals surface area contributed by atoms with Crippen molar-refractivity contribution in [3.63, 3.8) is 0 Å². The monoisotopic (exact) mass is 366 g/mol. The Hall–Kier alpha value is -2.12. The van der Waals surface area contributed by atoms with E-state index in [-0.39, 0.29) is 18.3 Å². The van der Waals surface area contributed by atoms with E-state index in [1.807, 2.05) is 0 Å². The zero-order chi connectivity index (χ0) is 17.1. The van der Waals surface area contributed by atoms with Gasteiger partial charge in [-0.3, -0.25) is 14.9 Å². The summed E-state index contributed by atoms with van der Waals surface area (Å²) < 4.78 is 10.5. The number of carbonyl (C=O) groups is 2. The molecule has 0 aliphatic carbocycles. The molecule has 1 aromatic heterocycles. The lowest BCUT2D eigenvalue weighted by Gasteiger charge is -2.09. The smallest absolute Gasteiger partial charge is 0.311 e. The second-order valence-corrected chi connectivity index (χ2v) is 6.47. The van der Waals surface area contributed by atoms with Crippen LogP contribution in [-0.2, 0) is 27.2 Å². The molecule has 0 unspecified atom stereocenters. The number of nitrogens with zero attached hydrogens (tertiary/aromatic N) is 1. The molecule has 0 radical (unpaired) electrons. The van der Waals surface area contributed by atoms with E-state index >= 15 is 0 Å². The molecule has 0 fully saturated rings. The number of fused-ring (bicyclic) bond motifs is 1. The van der Waals surface area contributed by atoms with Crippen LogP contribution in [0.5, 0.6) is 5.75 Å². The molecule has 126 valence electrons. The minimum Gasteiger partial charge on any atom is -0.480 e. The Morgan fingerprint density at radius 1 is 1.50 bits per heavy atom. The van der Waals surface area contributed by atoms with Crippen molar-refractivity contribution in [2.45, 2.75) is 25.9 Å². The number of ether oxygens (including phenoxy) is 2. The average molecular weight is 367 g/mol. The maximum absolute atomic E-state index is 12.3. The maximum Gasteiger partial charge on any atom is 0.311 e. The summed E-state index contributed by atoms with van der Waals surface area (Å²) in [6.45, 7) is 2.08. The Morgan fingerprint density at radius 3 is 3.12 bits per heavy atom. The van der Waals surface area contributed by atoms with E-state index in [0.29, 0.717) is 34.6 Å². The lowest BCUT2D eigenvalue weighted by Crippen LogP contribution is -2.31. The second kappa shape index (κ2) is 7.19. The van der Waals surface area contributed by atoms with Gasteiger partial charge in [-0.25, -0.2) is 4.98 Å². The van der Waals surface area contributed by atoms with E-state index in [2.05, 4.69) is 10.3 Å². The van der Waals surface area contributed by atoms with Gasteiger partial charge in [0.25, 0.3) is 5.91 Å². The number of nitrogens with one attached hydrogen (secondary N) is 1. The van der Waals surface area contributed by atoms with Crippen LogP contribution in [0.4, 0.5) is 5.13 Å². The first kappa shape index (κ1) is 16.7. The van der Waals surface area contributed by atoms with Crippen LogP contribution >= 0.6 is 22.9 Å². The maximum atomic E-state index is 12.3. The number of halogens is 1. The number of anilines is 1. The number of amides is 1. The summed E-state index contributed by atoms with van der Waals surface area (Å²) >= 11 is 7.20. The predicted molar refractivity (Wildman–Crippen MR) is 90.7 cm³/mol. The number of benzene rings is 1. The molecule has 0 spiro atoms. The number of thiazole rings is 1. The standard InChI is InChI=1S/C16H15ClN2O4S/c1-2-22-14(20)7-11-8-24-16(18-11)19-15(21)13-6-9-5-10(17)3-4-12(9)23-13/h3-5,8,13H,2,6-7H2,1H3,(H,18,19,21)/t13-/m0/s1. The number of rotatable bonds is 5. The Bertz CT molecular complexity index is 777. The van der Waals surface area contributed by atoms with Gasteiger partial charge >= 0.3 is 5.97 Å². The van der Waals surface area contributed by atoms with Crippen LogP contribution in [0, 0.1) is 0 Å². The third-order valence-corrected chi connectivity index (χ3v) is 4.44. The van der Waals surface area contributed by atoms with Gasteiger partial charge in [0.15, 0.2) is 11.2 Å². The molecule has 0 bridgehead atoms. The van der Waals surface area contributed by atoms with Gasteiger partial charge in [-0.2, -0.15) is 0 Å². The zero-order valence-corrected chi connectivity index (χ0v) is 14.4. The summed E-state index contributed by atoms with van der Waals surface area (Å²) in [5.74, 6) is 0.0492. The molecule has 2 heterocycles. The first-order chi connectivity index (χ1) is 11.5. The van der Waals surface area contributed by atoms with Crippen molar-refractivity contribution in [1.82, 2.24) is 4.98 Å². The quantitative estimate of drug-likeness (QED) is 0.823. The molecule has 3 rings (SSSR count). The third kappa shape index (κ3) is 3.85. The molecular weight excluding hydrogens is 352 g/mol. The van der Waals surface area contributed by atoms with Crippen molar-refractivity contribution < 1.29 is 19.1 Å². The molecule has 1 amide bonds. The number of aromatic nitrogens is 1. The van der Waals surface area contributed by atoms with E-state index in [1.54, 1.807) is 30.5 Å². The van der Waals surface area contributed by atoms with Gasteiger partial charge in [0.1, 0.15) is 5.75 Å². The van der Waals surface area contributed by atoms with Gasteiger partial charge in [-0.15, -0.1) is 11.3 Å². The fraction of sp³-hybridized carbons (Fsp3) is 0.312. The molecule has 1 aliphatic rings. The molecule has 24 heavy (non-hydrogen) atoms. The lowest BCUT2D eigenvalue weighted by atomic mass is 10.1. The highest BCUT2D eigenvalue weighted by molar-refractivity contribution is 7.13. The van der Waals surface area contributed by atoms with E-state index in [9.17, 15) is 9.59 Å². The fourth-order valence-corrected chi connectivity index (χ4v) is 3.26. The molecule has 6 nitrogen and oxygen atoms in total. The largest absolute Gasteiger partial charge is 0.480 e. The van der Waals surface area contributed by atoms with E-state index in [1.165, 1.54) is 11.3 Å². The van der Waals surface area contributed by atoms with Crippen molar-refractivity contribution >= 4 is 39.9 Å². The van der Waals surface area contributed by atoms with E-state index in [4.69, 9.17) is 21.1 Å². The SMILES string of the molecule is CCOC(=O)Cc1csc(NC(=O)[C@@H]2Cc3cc(Cl)ccc3O2)n1. The minimum absolute atomic E-state index is 0.0874. The highest BCUT2D eigenvalue weighted by Gasteiger charge is 2.29. The van der Waals surface area contributed by atoms with Gasteiger partial charge in [-0.1, -0.05) is 11.6 Å². The van der Waals surface area contributed by atoms with Gasteiger partial charge in [-0.05, 0) is 30.7 Å². The Morgan fingerprint density at radius 2 is 2.33 bits per heavy atom. The van der Waals surface area contributed by atoms with Gasteiger partial charge < -0.3 is 9.47 Å². The second-order valence-electron chi connectivity index (χ2n) is 5.18. The molecule has 8 heteroatoms. The Labute approximate surface area is 147 Å². The van der Waals surface area contributed by atoms with Crippen LogP contribution in [0.15, 0.2) is 23.6 Å². The first-order valence-corrected chi connectivity index (χ1v) is 8.67. The normalized spacial score (nSPS) is 15.5. The van der Waals surface area contributed by atoms with Crippen LogP contribution in [0.3, 0.4) is 0 Å². The number of esters is 1. The average Bonchev–Trinajstić information content (AvgIpc) is 3.13. The molecule has 1 atom stereocenters. The molecule has 2 aromatic rings. The van der Waals surface area contributed by atoms with Gasteiger partial charge in [0, 0.05) is 16.8 Å². The third-order valence-electron chi connectivity index (χ3n) is 3.40. The van der Waals surface area contributed by atoms with Gasteiger partial charge in [0.2, 0.25) is 0 Å². The fourth-order valence-electron chi connectivity index (χ4n) is 2.35. The summed E-state index contributed by atoms with van der Waals surface area (Å²) in [4.78, 5) is 28.0. The van der Waals surface area contributed by atoms with Crippen molar-refractivity contribution in [3.05, 3.63) is 39.9 Å². The molecule has 0 saturated heterocycles. The van der Waals surface area contributed by atoms with E-state index in [0.717, 1.165) is 5.56 Å². The number of carbonyl (C=O) groups excluding carboxylic acids is 2. The van der Waals surface area contributed by atoms with Crippen LogP contribution in [-0.4, -0.2) is 29.6 Å². The summed E-state index contributed by atoms with van der Waals surface area (Å²) in [5, 5.41) is 5.48. The van der Waals surface area contributed by atoms with E-state index < -0.39 is 6.10 Å². The minimum atomic E-state index is -0.615. The van der Waals surface area contributed by atoms with Crippen LogP contribution in [0.1, 0.15) is 18.2 Å². The predicted octanol–water partition coefficient (Wildman–Crippen LogP) is 2.84. The van der Waals surface area contributed by atoms with Crippen molar-refractivity contribution in [3.8, 4) is 5.75 Å². The number of hydrogen-bond acceptors (Lipinski definition) is 6. The highest BCUT2D eigenvalue weighted by atomic mass is 35.5. The first-order valence-electron chi connectivity index (χ1n) is 7.41. The van der Waals surface area contributed by atoms with Crippen LogP contribution < -0.4 is 10.1 Å². The highest BCUT2D eigenvalue weighted by Crippen LogP contribution is 2.31. The number of hydrogen-bond donors (Lipinski definition) is 1. The summed E-state index contributed by atoms with van der Waals surface area (Å²) in [7, 11) is 0. The van der Waals surface area contributed by atoms with Crippen LogP contribution in [0.2, 0.25) is 5.02 Å². The molecule has 1 aliphatic heterocycles.